The van der Waals surface area contributed by atoms with Crippen LogP contribution in [0.2, 0.25) is 5.02 Å². The summed E-state index contributed by atoms with van der Waals surface area (Å²) in [6.07, 6.45) is -5.42. The first-order valence-electron chi connectivity index (χ1n) is 10.6. The van der Waals surface area contributed by atoms with Gasteiger partial charge in [-0.3, -0.25) is 9.36 Å². The van der Waals surface area contributed by atoms with Gasteiger partial charge in [-0.25, -0.2) is 18.0 Å². The second-order valence-corrected chi connectivity index (χ2v) is 8.43. The lowest BCUT2D eigenvalue weighted by Gasteiger charge is -2.20. The molecular formula is C22H17ClF6N4O3. The van der Waals surface area contributed by atoms with E-state index in [1.807, 2.05) is 5.32 Å². The molecular weight excluding hydrogens is 518 g/mol. The number of alkyl halides is 3. The average Bonchev–Trinajstić information content (AvgIpc) is 3.12. The van der Waals surface area contributed by atoms with Crippen molar-refractivity contribution >= 4 is 23.2 Å². The summed E-state index contributed by atoms with van der Waals surface area (Å²) in [7, 11) is 0. The highest BCUT2D eigenvalue weighted by molar-refractivity contribution is 6.34. The number of carbonyl (C=O) groups is 1. The van der Waals surface area contributed by atoms with Gasteiger partial charge in [-0.2, -0.15) is 17.9 Å². The summed E-state index contributed by atoms with van der Waals surface area (Å²) in [5.41, 5.74) is -2.70. The Kier molecular flexibility index (Phi) is 6.78. The van der Waals surface area contributed by atoms with Crippen molar-refractivity contribution in [2.24, 2.45) is 0 Å². The number of fused-ring (bicyclic) bond motifs is 1. The van der Waals surface area contributed by atoms with Crippen LogP contribution < -0.4 is 15.7 Å². The Balaban J connectivity index is 1.80. The Morgan fingerprint density at radius 1 is 1.14 bits per heavy atom. The number of aromatic nitrogens is 3. The molecule has 0 bridgehead atoms. The quantitative estimate of drug-likeness (QED) is 0.466. The van der Waals surface area contributed by atoms with Crippen LogP contribution in [0.1, 0.15) is 35.9 Å². The molecule has 4 rings (SSSR count). The summed E-state index contributed by atoms with van der Waals surface area (Å²) < 4.78 is 89.1. The normalized spacial score (nSPS) is 14.3. The van der Waals surface area contributed by atoms with E-state index < -0.39 is 69.0 Å². The van der Waals surface area contributed by atoms with E-state index in [0.29, 0.717) is 55.0 Å². The number of nitrogens with zero attached hydrogens (tertiary/aromatic N) is 3. The Morgan fingerprint density at radius 3 is 2.50 bits per heavy atom. The average molecular weight is 535 g/mol. The molecule has 1 aromatic heterocycles. The Labute approximate surface area is 204 Å². The van der Waals surface area contributed by atoms with E-state index in [1.54, 1.807) is 0 Å². The number of aryl methyl sites for hydroxylation is 1. The van der Waals surface area contributed by atoms with Crippen molar-refractivity contribution in [3.8, 4) is 11.4 Å². The number of halogens is 7. The standard InChI is InChI=1S/C22H17ClF6N4O3/c1-10(22(27,28)29)36-17-9-16(33-21(35)32-5-3-2-4-18(32)31-33)14(25)8-12(17)20(34)30-19-13(23)6-11(24)7-15(19)26/h6-10H,2-5H2,1H3,(H,30,34)/t10-/m0/s1. The third kappa shape index (κ3) is 4.92. The molecule has 192 valence electrons. The Hall–Kier alpha value is -3.48. The third-order valence-corrected chi connectivity index (χ3v) is 5.80. The van der Waals surface area contributed by atoms with Gasteiger partial charge in [-0.1, -0.05) is 11.6 Å². The predicted molar refractivity (Wildman–Crippen MR) is 116 cm³/mol. The van der Waals surface area contributed by atoms with Crippen molar-refractivity contribution in [1.82, 2.24) is 14.3 Å². The molecule has 0 saturated heterocycles. The second kappa shape index (κ2) is 9.52. The van der Waals surface area contributed by atoms with Gasteiger partial charge in [0.1, 0.15) is 28.9 Å². The molecule has 36 heavy (non-hydrogen) atoms. The molecule has 14 heteroatoms. The highest BCUT2D eigenvalue weighted by atomic mass is 35.5. The molecule has 1 aliphatic rings. The largest absolute Gasteiger partial charge is 0.480 e. The summed E-state index contributed by atoms with van der Waals surface area (Å²) in [5, 5.41) is 5.51. The van der Waals surface area contributed by atoms with E-state index in [2.05, 4.69) is 5.10 Å². The zero-order valence-corrected chi connectivity index (χ0v) is 19.2. The van der Waals surface area contributed by atoms with Crippen LogP contribution in [0, 0.1) is 17.5 Å². The van der Waals surface area contributed by atoms with Crippen LogP contribution in [0.5, 0.6) is 5.75 Å². The van der Waals surface area contributed by atoms with Crippen LogP contribution in [0.25, 0.3) is 5.69 Å². The maximum Gasteiger partial charge on any atom is 0.425 e. The molecule has 0 spiro atoms. The molecule has 1 aliphatic heterocycles. The third-order valence-electron chi connectivity index (χ3n) is 5.50. The van der Waals surface area contributed by atoms with E-state index in [0.717, 1.165) is 12.5 Å². The molecule has 7 nitrogen and oxygen atoms in total. The number of amides is 1. The second-order valence-electron chi connectivity index (χ2n) is 8.02. The van der Waals surface area contributed by atoms with Gasteiger partial charge in [0, 0.05) is 25.1 Å². The molecule has 1 amide bonds. The molecule has 1 N–H and O–H groups in total. The highest BCUT2D eigenvalue weighted by Gasteiger charge is 2.39. The van der Waals surface area contributed by atoms with E-state index in [1.165, 1.54) is 4.57 Å². The number of nitrogens with one attached hydrogen (secondary N) is 1. The van der Waals surface area contributed by atoms with Crippen LogP contribution >= 0.6 is 11.6 Å². The van der Waals surface area contributed by atoms with Gasteiger partial charge in [0.25, 0.3) is 5.91 Å². The summed E-state index contributed by atoms with van der Waals surface area (Å²) in [4.78, 5) is 25.6. The van der Waals surface area contributed by atoms with Crippen molar-refractivity contribution < 1.29 is 35.9 Å². The minimum Gasteiger partial charge on any atom is -0.480 e. The number of anilines is 1. The fourth-order valence-corrected chi connectivity index (χ4v) is 3.88. The number of hydrogen-bond donors (Lipinski definition) is 1. The van der Waals surface area contributed by atoms with Crippen molar-refractivity contribution in [2.45, 2.75) is 45.0 Å². The smallest absolute Gasteiger partial charge is 0.425 e. The van der Waals surface area contributed by atoms with E-state index in [4.69, 9.17) is 16.3 Å². The lowest BCUT2D eigenvalue weighted by molar-refractivity contribution is -0.189. The molecule has 0 radical (unpaired) electrons. The molecule has 0 saturated carbocycles. The zero-order chi connectivity index (χ0) is 26.4. The Morgan fingerprint density at radius 2 is 1.86 bits per heavy atom. The minimum absolute atomic E-state index is 0.342. The molecule has 1 atom stereocenters. The van der Waals surface area contributed by atoms with Crippen molar-refractivity contribution in [1.29, 1.82) is 0 Å². The maximum absolute atomic E-state index is 15.1. The van der Waals surface area contributed by atoms with Gasteiger partial charge in [0.05, 0.1) is 16.3 Å². The first-order chi connectivity index (χ1) is 16.9. The van der Waals surface area contributed by atoms with Gasteiger partial charge in [0.2, 0.25) is 0 Å². The maximum atomic E-state index is 15.1. The topological polar surface area (TPSA) is 78.2 Å². The number of rotatable bonds is 5. The van der Waals surface area contributed by atoms with E-state index in [-0.39, 0.29) is 0 Å². The van der Waals surface area contributed by atoms with E-state index >= 15 is 4.39 Å². The van der Waals surface area contributed by atoms with Crippen LogP contribution in [0.4, 0.5) is 32.0 Å². The first-order valence-corrected chi connectivity index (χ1v) is 11.0. The summed E-state index contributed by atoms with van der Waals surface area (Å²) in [5.74, 6) is -5.18. The Bertz CT molecular complexity index is 1380. The van der Waals surface area contributed by atoms with Crippen LogP contribution in [-0.4, -0.2) is 32.5 Å². The van der Waals surface area contributed by atoms with Crippen molar-refractivity contribution in [3.63, 3.8) is 0 Å². The van der Waals surface area contributed by atoms with E-state index in [9.17, 15) is 31.5 Å². The SMILES string of the molecule is C[C@H](Oc1cc(-n2nc3n(c2=O)CCCC3)c(F)cc1C(=O)Nc1c(F)cc(F)cc1Cl)C(F)(F)F. The van der Waals surface area contributed by atoms with Gasteiger partial charge in [0.15, 0.2) is 11.9 Å². The van der Waals surface area contributed by atoms with Gasteiger partial charge in [-0.15, -0.1) is 5.10 Å². The van der Waals surface area contributed by atoms with Crippen molar-refractivity contribution in [3.05, 3.63) is 68.6 Å². The molecule has 0 aliphatic carbocycles. The number of benzene rings is 2. The molecule has 0 fully saturated rings. The zero-order valence-electron chi connectivity index (χ0n) is 18.4. The van der Waals surface area contributed by atoms with Crippen molar-refractivity contribution in [2.75, 3.05) is 5.32 Å². The van der Waals surface area contributed by atoms with Crippen LogP contribution in [0.3, 0.4) is 0 Å². The monoisotopic (exact) mass is 534 g/mol. The summed E-state index contributed by atoms with van der Waals surface area (Å²) in [6, 6.07) is 2.37. The van der Waals surface area contributed by atoms with Gasteiger partial charge < -0.3 is 10.1 Å². The molecule has 2 heterocycles. The van der Waals surface area contributed by atoms with Gasteiger partial charge in [-0.05, 0) is 31.9 Å². The number of carbonyl (C=O) groups excluding carboxylic acids is 1. The number of ether oxygens (including phenoxy) is 1. The predicted octanol–water partition coefficient (Wildman–Crippen LogP) is 5.02. The lowest BCUT2D eigenvalue weighted by Crippen LogP contribution is -2.32. The fourth-order valence-electron chi connectivity index (χ4n) is 3.64. The van der Waals surface area contributed by atoms with Crippen LogP contribution in [-0.2, 0) is 13.0 Å². The van der Waals surface area contributed by atoms with Crippen LogP contribution in [0.15, 0.2) is 29.1 Å². The molecule has 3 aromatic rings. The highest BCUT2D eigenvalue weighted by Crippen LogP contribution is 2.32. The fraction of sp³-hybridized carbons (Fsp3) is 0.318. The molecule has 2 aromatic carbocycles. The lowest BCUT2D eigenvalue weighted by atomic mass is 10.1. The van der Waals surface area contributed by atoms with Gasteiger partial charge >= 0.3 is 11.9 Å². The summed E-state index contributed by atoms with van der Waals surface area (Å²) in [6.45, 7) is 0.997. The summed E-state index contributed by atoms with van der Waals surface area (Å²) >= 11 is 5.76. The molecule has 0 unspecified atom stereocenters. The minimum atomic E-state index is -4.86. The first kappa shape index (κ1) is 25.6. The number of hydrogen-bond acceptors (Lipinski definition) is 4.